The minimum atomic E-state index is 0.981. The molecule has 1 saturated heterocycles. The Morgan fingerprint density at radius 2 is 2.00 bits per heavy atom. The Balaban J connectivity index is 1.54. The smallest absolute Gasteiger partial charge is 0.185 e. The van der Waals surface area contributed by atoms with Gasteiger partial charge in [0.1, 0.15) is 0 Å². The van der Waals surface area contributed by atoms with Crippen molar-refractivity contribution in [2.45, 2.75) is 20.4 Å². The van der Waals surface area contributed by atoms with Crippen LogP contribution in [-0.2, 0) is 6.54 Å². The number of hydrogen-bond donors (Lipinski definition) is 0. The Morgan fingerprint density at radius 1 is 1.21 bits per heavy atom. The first kappa shape index (κ1) is 13.0. The Labute approximate surface area is 121 Å². The molecule has 0 spiro atoms. The molecule has 0 amide bonds. The predicted molar refractivity (Wildman–Crippen MR) is 81.2 cm³/mol. The molecular formula is C13H18N4S2. The number of anilines is 1. The van der Waals surface area contributed by atoms with Crippen molar-refractivity contribution in [3.05, 3.63) is 27.2 Å². The summed E-state index contributed by atoms with van der Waals surface area (Å²) < 4.78 is 0. The summed E-state index contributed by atoms with van der Waals surface area (Å²) in [7, 11) is 0. The number of aryl methyl sites for hydroxylation is 2. The van der Waals surface area contributed by atoms with E-state index in [1.807, 2.05) is 6.20 Å². The summed E-state index contributed by atoms with van der Waals surface area (Å²) >= 11 is 3.53. The van der Waals surface area contributed by atoms with Crippen molar-refractivity contribution in [1.29, 1.82) is 0 Å². The summed E-state index contributed by atoms with van der Waals surface area (Å²) in [4.78, 5) is 15.2. The molecule has 4 nitrogen and oxygen atoms in total. The van der Waals surface area contributed by atoms with Crippen molar-refractivity contribution >= 4 is 27.8 Å². The van der Waals surface area contributed by atoms with Crippen molar-refractivity contribution in [3.63, 3.8) is 0 Å². The molecule has 0 saturated carbocycles. The van der Waals surface area contributed by atoms with Gasteiger partial charge in [0.05, 0.1) is 10.7 Å². The molecule has 0 radical (unpaired) electrons. The highest BCUT2D eigenvalue weighted by Crippen LogP contribution is 2.23. The number of piperazine rings is 1. The second-order valence-corrected chi connectivity index (χ2v) is 7.15. The van der Waals surface area contributed by atoms with E-state index < -0.39 is 0 Å². The quantitative estimate of drug-likeness (QED) is 0.871. The van der Waals surface area contributed by atoms with Crippen molar-refractivity contribution in [1.82, 2.24) is 14.9 Å². The van der Waals surface area contributed by atoms with E-state index in [1.165, 1.54) is 15.7 Å². The van der Waals surface area contributed by atoms with Gasteiger partial charge >= 0.3 is 0 Å². The van der Waals surface area contributed by atoms with Crippen LogP contribution in [0.15, 0.2) is 11.6 Å². The lowest BCUT2D eigenvalue weighted by Crippen LogP contribution is -2.46. The topological polar surface area (TPSA) is 32.3 Å². The summed E-state index contributed by atoms with van der Waals surface area (Å²) in [6.45, 7) is 9.48. The molecule has 3 rings (SSSR count). The second kappa shape index (κ2) is 5.56. The minimum absolute atomic E-state index is 0.981. The lowest BCUT2D eigenvalue weighted by atomic mass is 10.3. The molecule has 1 aliphatic rings. The fourth-order valence-corrected chi connectivity index (χ4v) is 3.71. The highest BCUT2D eigenvalue weighted by atomic mass is 32.1. The van der Waals surface area contributed by atoms with Gasteiger partial charge in [-0.3, -0.25) is 4.90 Å². The van der Waals surface area contributed by atoms with Gasteiger partial charge in [-0.25, -0.2) is 9.97 Å². The molecule has 0 bridgehead atoms. The monoisotopic (exact) mass is 294 g/mol. The van der Waals surface area contributed by atoms with Crippen LogP contribution in [0.2, 0.25) is 0 Å². The molecule has 0 unspecified atom stereocenters. The fourth-order valence-electron chi connectivity index (χ4n) is 2.30. The first-order valence-corrected chi connectivity index (χ1v) is 8.21. The normalized spacial score (nSPS) is 17.1. The first-order chi connectivity index (χ1) is 9.20. The number of aromatic nitrogens is 2. The molecule has 6 heteroatoms. The molecule has 1 aliphatic heterocycles. The maximum Gasteiger partial charge on any atom is 0.185 e. The van der Waals surface area contributed by atoms with Gasteiger partial charge in [-0.1, -0.05) is 0 Å². The van der Waals surface area contributed by atoms with Crippen LogP contribution >= 0.6 is 22.7 Å². The number of rotatable bonds is 3. The van der Waals surface area contributed by atoms with Crippen molar-refractivity contribution in [3.8, 4) is 0 Å². The summed E-state index contributed by atoms with van der Waals surface area (Å²) in [6, 6.07) is 0. The van der Waals surface area contributed by atoms with Crippen molar-refractivity contribution in [2.24, 2.45) is 0 Å². The number of hydrogen-bond acceptors (Lipinski definition) is 6. The molecule has 1 fully saturated rings. The Hall–Kier alpha value is -0.980. The number of nitrogens with zero attached hydrogens (tertiary/aromatic N) is 4. The maximum absolute atomic E-state index is 4.54. The largest absolute Gasteiger partial charge is 0.346 e. The van der Waals surface area contributed by atoms with Crippen LogP contribution in [-0.4, -0.2) is 41.0 Å². The van der Waals surface area contributed by atoms with Gasteiger partial charge in [-0.15, -0.1) is 22.7 Å². The Bertz CT molecular complexity index is 540. The molecule has 0 atom stereocenters. The predicted octanol–water partition coefficient (Wildman–Crippen LogP) is 2.54. The third kappa shape index (κ3) is 3.13. The summed E-state index contributed by atoms with van der Waals surface area (Å²) in [6.07, 6.45) is 1.96. The standard InChI is InChI=1S/C13H18N4S2/c1-10-7-14-13(19-10)17-5-3-16(4-6-17)8-12-9-18-11(2)15-12/h7,9H,3-6,8H2,1-2H3. The van der Waals surface area contributed by atoms with E-state index in [9.17, 15) is 0 Å². The molecule has 102 valence electrons. The van der Waals surface area contributed by atoms with Crippen LogP contribution in [0.25, 0.3) is 0 Å². The third-order valence-corrected chi connectivity index (χ3v) is 5.10. The van der Waals surface area contributed by atoms with Crippen LogP contribution in [0.5, 0.6) is 0 Å². The highest BCUT2D eigenvalue weighted by molar-refractivity contribution is 7.15. The van der Waals surface area contributed by atoms with Crippen LogP contribution in [0, 0.1) is 13.8 Å². The van der Waals surface area contributed by atoms with Crippen molar-refractivity contribution < 1.29 is 0 Å². The van der Waals surface area contributed by atoms with Gasteiger partial charge in [0.25, 0.3) is 0 Å². The lowest BCUT2D eigenvalue weighted by molar-refractivity contribution is 0.247. The summed E-state index contributed by atoms with van der Waals surface area (Å²) in [5.41, 5.74) is 1.21. The van der Waals surface area contributed by atoms with E-state index in [0.717, 1.165) is 37.7 Å². The fraction of sp³-hybridized carbons (Fsp3) is 0.538. The molecule has 0 aromatic carbocycles. The maximum atomic E-state index is 4.54. The van der Waals surface area contributed by atoms with E-state index in [-0.39, 0.29) is 0 Å². The lowest BCUT2D eigenvalue weighted by Gasteiger charge is -2.34. The first-order valence-electron chi connectivity index (χ1n) is 6.51. The zero-order valence-corrected chi connectivity index (χ0v) is 12.9. The van der Waals surface area contributed by atoms with Gasteiger partial charge in [-0.05, 0) is 13.8 Å². The third-order valence-electron chi connectivity index (χ3n) is 3.30. The summed E-state index contributed by atoms with van der Waals surface area (Å²) in [5.74, 6) is 0. The molecule has 3 heterocycles. The average Bonchev–Trinajstić information content (AvgIpc) is 3.00. The Kier molecular flexibility index (Phi) is 3.81. The summed E-state index contributed by atoms with van der Waals surface area (Å²) in [5, 5.41) is 4.50. The van der Waals surface area contributed by atoms with Gasteiger partial charge in [0.2, 0.25) is 0 Å². The average molecular weight is 294 g/mol. The molecule has 2 aromatic rings. The Morgan fingerprint density at radius 3 is 2.58 bits per heavy atom. The van der Waals surface area contributed by atoms with E-state index in [1.54, 1.807) is 22.7 Å². The second-order valence-electron chi connectivity index (χ2n) is 4.87. The van der Waals surface area contributed by atoms with E-state index >= 15 is 0 Å². The van der Waals surface area contributed by atoms with E-state index in [0.29, 0.717) is 0 Å². The van der Waals surface area contributed by atoms with Gasteiger partial charge in [-0.2, -0.15) is 0 Å². The minimum Gasteiger partial charge on any atom is -0.346 e. The number of thiazole rings is 2. The van der Waals surface area contributed by atoms with E-state index in [2.05, 4.69) is 39.0 Å². The van der Waals surface area contributed by atoms with Crippen molar-refractivity contribution in [2.75, 3.05) is 31.1 Å². The van der Waals surface area contributed by atoms with Gasteiger partial charge in [0.15, 0.2) is 5.13 Å². The highest BCUT2D eigenvalue weighted by Gasteiger charge is 2.19. The molecule has 2 aromatic heterocycles. The zero-order chi connectivity index (χ0) is 13.2. The SMILES string of the molecule is Cc1cnc(N2CCN(Cc3csc(C)n3)CC2)s1. The van der Waals surface area contributed by atoms with E-state index in [4.69, 9.17) is 0 Å². The molecule has 0 aliphatic carbocycles. The van der Waals surface area contributed by atoms with Crippen LogP contribution in [0.1, 0.15) is 15.6 Å². The van der Waals surface area contributed by atoms with Gasteiger partial charge < -0.3 is 4.90 Å². The zero-order valence-electron chi connectivity index (χ0n) is 11.3. The van der Waals surface area contributed by atoms with Crippen LogP contribution in [0.3, 0.4) is 0 Å². The van der Waals surface area contributed by atoms with Crippen LogP contribution < -0.4 is 4.90 Å². The van der Waals surface area contributed by atoms with Crippen LogP contribution in [0.4, 0.5) is 5.13 Å². The van der Waals surface area contributed by atoms with Gasteiger partial charge in [0, 0.05) is 49.2 Å². The molecule has 0 N–H and O–H groups in total. The molecular weight excluding hydrogens is 276 g/mol. The molecule has 19 heavy (non-hydrogen) atoms.